The van der Waals surface area contributed by atoms with Crippen molar-refractivity contribution in [2.24, 2.45) is 0 Å². The van der Waals surface area contributed by atoms with Crippen LogP contribution in [-0.4, -0.2) is 46.3 Å². The van der Waals surface area contributed by atoms with Gasteiger partial charge >= 0.3 is 0 Å². The summed E-state index contributed by atoms with van der Waals surface area (Å²) in [6, 6.07) is 15.1. The molecule has 0 radical (unpaired) electrons. The number of carbonyl (C=O) groups excluding carboxylic acids is 2. The standard InChI is InChI=1S/C21H18N2O5S3/c1-13-6-8-14(9-7-13)12-23-16-5-3-2-4-15(16)17(19(23)24)18-20(25)22(21(29)30-18)10-11-31(26,27)28/h2-9H,10-12H2,1H3,(H,26,27,28)/b18-17+. The smallest absolute Gasteiger partial charge is 0.267 e. The second-order valence-corrected chi connectivity index (χ2v) is 10.4. The van der Waals surface area contributed by atoms with Crippen molar-refractivity contribution >= 4 is 61.5 Å². The van der Waals surface area contributed by atoms with Crippen LogP contribution in [0.2, 0.25) is 0 Å². The Kier molecular flexibility index (Phi) is 5.73. The van der Waals surface area contributed by atoms with Crippen LogP contribution in [0.25, 0.3) is 5.57 Å². The number of thiocarbonyl (C=S) groups is 1. The molecular weight excluding hydrogens is 456 g/mol. The van der Waals surface area contributed by atoms with Gasteiger partial charge in [-0.3, -0.25) is 19.0 Å². The number of rotatable bonds is 5. The minimum absolute atomic E-state index is 0.151. The van der Waals surface area contributed by atoms with E-state index in [0.717, 1.165) is 27.8 Å². The Morgan fingerprint density at radius 2 is 1.68 bits per heavy atom. The Bertz CT molecular complexity index is 1240. The highest BCUT2D eigenvalue weighted by Gasteiger charge is 2.42. The zero-order chi connectivity index (χ0) is 22.3. The number of hydrogen-bond acceptors (Lipinski definition) is 6. The Labute approximate surface area is 189 Å². The van der Waals surface area contributed by atoms with Crippen LogP contribution < -0.4 is 4.90 Å². The molecule has 10 heteroatoms. The normalized spacial score (nSPS) is 18.8. The molecule has 0 bridgehead atoms. The SMILES string of the molecule is Cc1ccc(CN2C(=O)/C(=C3/SC(=S)N(CCS(=O)(=O)O)C3=O)c3ccccc32)cc1. The average molecular weight is 475 g/mol. The lowest BCUT2D eigenvalue weighted by atomic mass is 10.1. The molecule has 160 valence electrons. The maximum Gasteiger partial charge on any atom is 0.267 e. The van der Waals surface area contributed by atoms with Crippen LogP contribution in [0.4, 0.5) is 5.69 Å². The number of fused-ring (bicyclic) bond motifs is 1. The number of thioether (sulfide) groups is 1. The van der Waals surface area contributed by atoms with E-state index in [0.29, 0.717) is 17.8 Å². The predicted octanol–water partition coefficient (Wildman–Crippen LogP) is 3.00. The number of hydrogen-bond donors (Lipinski definition) is 1. The molecule has 2 heterocycles. The summed E-state index contributed by atoms with van der Waals surface area (Å²) < 4.78 is 31.3. The molecule has 2 aliphatic heterocycles. The molecule has 7 nitrogen and oxygen atoms in total. The predicted molar refractivity (Wildman–Crippen MR) is 124 cm³/mol. The first-order valence-electron chi connectivity index (χ1n) is 9.35. The molecule has 2 aliphatic rings. The molecule has 0 saturated carbocycles. The van der Waals surface area contributed by atoms with Crippen molar-refractivity contribution in [2.45, 2.75) is 13.5 Å². The summed E-state index contributed by atoms with van der Waals surface area (Å²) in [5, 5.41) is 0. The van der Waals surface area contributed by atoms with Gasteiger partial charge in [-0.25, -0.2) is 0 Å². The second kappa shape index (κ2) is 8.19. The van der Waals surface area contributed by atoms with Crippen molar-refractivity contribution in [1.29, 1.82) is 0 Å². The molecule has 1 fully saturated rings. The molecular formula is C21H18N2O5S3. The second-order valence-electron chi connectivity index (χ2n) is 7.21. The van der Waals surface area contributed by atoms with Gasteiger partial charge in [0, 0.05) is 12.1 Å². The summed E-state index contributed by atoms with van der Waals surface area (Å²) in [4.78, 5) is 29.3. The minimum Gasteiger partial charge on any atom is -0.303 e. The van der Waals surface area contributed by atoms with E-state index in [1.54, 1.807) is 17.0 Å². The number of anilines is 1. The van der Waals surface area contributed by atoms with Crippen LogP contribution in [-0.2, 0) is 26.3 Å². The van der Waals surface area contributed by atoms with Crippen molar-refractivity contribution in [3.05, 3.63) is 70.1 Å². The average Bonchev–Trinajstić information content (AvgIpc) is 3.14. The van der Waals surface area contributed by atoms with E-state index in [1.165, 1.54) is 0 Å². The highest BCUT2D eigenvalue weighted by atomic mass is 32.2. The summed E-state index contributed by atoms with van der Waals surface area (Å²) >= 11 is 6.21. The van der Waals surface area contributed by atoms with E-state index < -0.39 is 21.8 Å². The van der Waals surface area contributed by atoms with Crippen LogP contribution in [0.15, 0.2) is 53.4 Å². The van der Waals surface area contributed by atoms with E-state index >= 15 is 0 Å². The van der Waals surface area contributed by atoms with Crippen molar-refractivity contribution in [2.75, 3.05) is 17.2 Å². The third-order valence-corrected chi connectivity index (χ3v) is 7.18. The molecule has 0 aromatic heterocycles. The summed E-state index contributed by atoms with van der Waals surface area (Å²) in [6.07, 6.45) is 0. The Morgan fingerprint density at radius 1 is 1.00 bits per heavy atom. The molecule has 2 aromatic rings. The highest BCUT2D eigenvalue weighted by molar-refractivity contribution is 8.26. The van der Waals surface area contributed by atoms with Crippen LogP contribution in [0.5, 0.6) is 0 Å². The van der Waals surface area contributed by atoms with E-state index in [2.05, 4.69) is 0 Å². The Hall–Kier alpha value is -2.53. The zero-order valence-corrected chi connectivity index (χ0v) is 18.9. The molecule has 2 aromatic carbocycles. The third-order valence-electron chi connectivity index (χ3n) is 5.03. The number of carbonyl (C=O) groups is 2. The molecule has 31 heavy (non-hydrogen) atoms. The van der Waals surface area contributed by atoms with E-state index in [4.69, 9.17) is 16.8 Å². The lowest BCUT2D eigenvalue weighted by Crippen LogP contribution is -2.33. The molecule has 0 aliphatic carbocycles. The highest BCUT2D eigenvalue weighted by Crippen LogP contribution is 2.44. The largest absolute Gasteiger partial charge is 0.303 e. The van der Waals surface area contributed by atoms with Crippen molar-refractivity contribution < 1.29 is 22.6 Å². The number of aryl methyl sites for hydroxylation is 1. The number of amides is 2. The van der Waals surface area contributed by atoms with Crippen LogP contribution in [0.3, 0.4) is 0 Å². The van der Waals surface area contributed by atoms with Gasteiger partial charge < -0.3 is 4.90 Å². The fourth-order valence-electron chi connectivity index (χ4n) is 3.48. The molecule has 4 rings (SSSR count). The van der Waals surface area contributed by atoms with Crippen molar-refractivity contribution in [1.82, 2.24) is 4.90 Å². The molecule has 0 atom stereocenters. The summed E-state index contributed by atoms with van der Waals surface area (Å²) in [7, 11) is -4.25. The monoisotopic (exact) mass is 474 g/mol. The fraction of sp³-hybridized carbons (Fsp3) is 0.190. The Balaban J connectivity index is 1.71. The van der Waals surface area contributed by atoms with Gasteiger partial charge in [0.2, 0.25) is 0 Å². The Morgan fingerprint density at radius 3 is 2.35 bits per heavy atom. The number of nitrogens with zero attached hydrogens (tertiary/aromatic N) is 2. The van der Waals surface area contributed by atoms with Gasteiger partial charge in [0.1, 0.15) is 4.32 Å². The van der Waals surface area contributed by atoms with E-state index in [1.807, 2.05) is 43.3 Å². The van der Waals surface area contributed by atoms with E-state index in [9.17, 15) is 18.0 Å². The van der Waals surface area contributed by atoms with Gasteiger partial charge in [-0.2, -0.15) is 8.42 Å². The molecule has 0 unspecified atom stereocenters. The maximum atomic E-state index is 13.4. The summed E-state index contributed by atoms with van der Waals surface area (Å²) in [5.41, 5.74) is 3.66. The summed E-state index contributed by atoms with van der Waals surface area (Å²) in [5.74, 6) is -1.47. The first-order chi connectivity index (χ1) is 14.7. The van der Waals surface area contributed by atoms with Gasteiger partial charge in [-0.05, 0) is 18.6 Å². The first-order valence-corrected chi connectivity index (χ1v) is 12.2. The fourth-order valence-corrected chi connectivity index (χ4v) is 5.27. The molecule has 2 amide bonds. The van der Waals surface area contributed by atoms with Crippen LogP contribution >= 0.6 is 24.0 Å². The topological polar surface area (TPSA) is 95.0 Å². The van der Waals surface area contributed by atoms with Gasteiger partial charge in [0.05, 0.1) is 28.5 Å². The molecule has 1 saturated heterocycles. The van der Waals surface area contributed by atoms with Crippen LogP contribution in [0.1, 0.15) is 16.7 Å². The minimum atomic E-state index is -4.25. The first kappa shape index (κ1) is 21.7. The quantitative estimate of drug-likeness (QED) is 0.404. The third kappa shape index (κ3) is 4.29. The van der Waals surface area contributed by atoms with Gasteiger partial charge in [0.15, 0.2) is 0 Å². The molecule has 1 N–H and O–H groups in total. The van der Waals surface area contributed by atoms with Gasteiger partial charge in [0.25, 0.3) is 21.9 Å². The van der Waals surface area contributed by atoms with Gasteiger partial charge in [-0.15, -0.1) is 0 Å². The van der Waals surface area contributed by atoms with Crippen molar-refractivity contribution in [3.8, 4) is 0 Å². The maximum absolute atomic E-state index is 13.4. The number of benzene rings is 2. The lowest BCUT2D eigenvalue weighted by molar-refractivity contribution is -0.122. The summed E-state index contributed by atoms with van der Waals surface area (Å²) in [6.45, 7) is 2.06. The van der Waals surface area contributed by atoms with E-state index in [-0.39, 0.29) is 27.3 Å². The molecule has 0 spiro atoms. The van der Waals surface area contributed by atoms with Gasteiger partial charge in [-0.1, -0.05) is 72.0 Å². The number of para-hydroxylation sites is 1. The lowest BCUT2D eigenvalue weighted by Gasteiger charge is -2.17. The zero-order valence-electron chi connectivity index (χ0n) is 16.4. The van der Waals surface area contributed by atoms with Crippen LogP contribution in [0, 0.1) is 6.92 Å². The van der Waals surface area contributed by atoms with Crippen molar-refractivity contribution in [3.63, 3.8) is 0 Å².